The summed E-state index contributed by atoms with van der Waals surface area (Å²) in [4.78, 5) is 0. The van der Waals surface area contributed by atoms with Gasteiger partial charge < -0.3 is 0 Å². The predicted octanol–water partition coefficient (Wildman–Crippen LogP) is 3.35. The summed E-state index contributed by atoms with van der Waals surface area (Å²) >= 11 is 0. The largest absolute Gasteiger partial charge is 0.0882 e. The summed E-state index contributed by atoms with van der Waals surface area (Å²) in [5.41, 5.74) is 0. The highest BCUT2D eigenvalue weighted by atomic mass is 14.2. The van der Waals surface area contributed by atoms with E-state index < -0.39 is 0 Å². The zero-order valence-corrected chi connectivity index (χ0v) is 6.84. The van der Waals surface area contributed by atoms with Crippen molar-refractivity contribution in [2.24, 2.45) is 5.92 Å². The maximum Gasteiger partial charge on any atom is -0.0199 e. The number of unbranched alkanes of at least 4 members (excludes halogenated alkanes) is 3. The van der Waals surface area contributed by atoms with Gasteiger partial charge in [0.1, 0.15) is 0 Å². The third kappa shape index (κ3) is 3.71. The van der Waals surface area contributed by atoms with Crippen molar-refractivity contribution in [3.63, 3.8) is 0 Å². The van der Waals surface area contributed by atoms with Crippen LogP contribution in [0, 0.1) is 12.3 Å². The van der Waals surface area contributed by atoms with Crippen LogP contribution >= 0.6 is 0 Å². The molecule has 0 saturated heterocycles. The van der Waals surface area contributed by atoms with E-state index in [1.54, 1.807) is 0 Å². The third-order valence-electron chi connectivity index (χ3n) is 1.87. The maximum atomic E-state index is 2.34. The first-order valence-electron chi connectivity index (χ1n) is 4.43. The molecule has 0 aliphatic heterocycles. The standard InChI is InChI=1S/C10H17/c1-2-3-4-5-6-7-10-8-9-10/h6-8,10H,2-5,9H2,1H3. The number of rotatable bonds is 5. The van der Waals surface area contributed by atoms with Crippen LogP contribution in [0.25, 0.3) is 0 Å². The summed E-state index contributed by atoms with van der Waals surface area (Å²) in [7, 11) is 0. The molecule has 57 valence electrons. The Balaban J connectivity index is 1.83. The highest BCUT2D eigenvalue weighted by Gasteiger charge is 2.16. The lowest BCUT2D eigenvalue weighted by molar-refractivity contribution is 0.728. The van der Waals surface area contributed by atoms with Crippen LogP contribution < -0.4 is 0 Å². The average Bonchev–Trinajstić information content (AvgIpc) is 2.71. The maximum absolute atomic E-state index is 2.34. The minimum atomic E-state index is 0.849. The zero-order valence-electron chi connectivity index (χ0n) is 6.84. The second-order valence-electron chi connectivity index (χ2n) is 3.06. The zero-order chi connectivity index (χ0) is 7.23. The Morgan fingerprint density at radius 1 is 1.50 bits per heavy atom. The highest BCUT2D eigenvalue weighted by molar-refractivity contribution is 5.08. The van der Waals surface area contributed by atoms with E-state index in [2.05, 4.69) is 25.5 Å². The molecule has 1 unspecified atom stereocenters. The van der Waals surface area contributed by atoms with Crippen molar-refractivity contribution in [1.29, 1.82) is 0 Å². The molecule has 0 heterocycles. The molecule has 1 aliphatic rings. The van der Waals surface area contributed by atoms with Gasteiger partial charge in [0.25, 0.3) is 0 Å². The SMILES string of the molecule is CCCCCC=CC1[CH]C1. The normalized spacial score (nSPS) is 18.5. The molecule has 1 fully saturated rings. The van der Waals surface area contributed by atoms with E-state index in [0.717, 1.165) is 5.92 Å². The Kier molecular flexibility index (Phi) is 3.56. The fourth-order valence-electron chi connectivity index (χ4n) is 1.02. The smallest absolute Gasteiger partial charge is 0.0199 e. The van der Waals surface area contributed by atoms with E-state index in [4.69, 9.17) is 0 Å². The number of allylic oxidation sites excluding steroid dienone is 2. The van der Waals surface area contributed by atoms with Gasteiger partial charge in [0.15, 0.2) is 0 Å². The molecule has 0 bridgehead atoms. The van der Waals surface area contributed by atoms with Crippen LogP contribution in [0.2, 0.25) is 0 Å². The summed E-state index contributed by atoms with van der Waals surface area (Å²) in [6.45, 7) is 2.25. The van der Waals surface area contributed by atoms with E-state index in [1.807, 2.05) is 0 Å². The predicted molar refractivity (Wildman–Crippen MR) is 45.7 cm³/mol. The summed E-state index contributed by atoms with van der Waals surface area (Å²) < 4.78 is 0. The summed E-state index contributed by atoms with van der Waals surface area (Å²) in [6, 6.07) is 0. The van der Waals surface area contributed by atoms with Crippen molar-refractivity contribution in [3.8, 4) is 0 Å². The Hall–Kier alpha value is -0.260. The van der Waals surface area contributed by atoms with Gasteiger partial charge >= 0.3 is 0 Å². The first-order valence-corrected chi connectivity index (χ1v) is 4.43. The first kappa shape index (κ1) is 7.84. The second kappa shape index (κ2) is 4.54. The lowest BCUT2D eigenvalue weighted by atomic mass is 10.2. The van der Waals surface area contributed by atoms with E-state index in [-0.39, 0.29) is 0 Å². The van der Waals surface area contributed by atoms with Gasteiger partial charge in [0.2, 0.25) is 0 Å². The number of hydrogen-bond acceptors (Lipinski definition) is 0. The van der Waals surface area contributed by atoms with Crippen LogP contribution in [0.1, 0.15) is 39.0 Å². The topological polar surface area (TPSA) is 0 Å². The van der Waals surface area contributed by atoms with Crippen LogP contribution in [-0.2, 0) is 0 Å². The molecule has 1 radical (unpaired) electrons. The van der Waals surface area contributed by atoms with Crippen molar-refractivity contribution in [3.05, 3.63) is 18.6 Å². The minimum absolute atomic E-state index is 0.849. The van der Waals surface area contributed by atoms with Crippen molar-refractivity contribution in [2.75, 3.05) is 0 Å². The van der Waals surface area contributed by atoms with E-state index >= 15 is 0 Å². The molecule has 1 atom stereocenters. The molecule has 0 heteroatoms. The number of hydrogen-bond donors (Lipinski definition) is 0. The van der Waals surface area contributed by atoms with Gasteiger partial charge in [0.05, 0.1) is 0 Å². The molecule has 0 amide bonds. The third-order valence-corrected chi connectivity index (χ3v) is 1.87. The molecule has 1 aliphatic carbocycles. The molecule has 0 N–H and O–H groups in total. The Bertz CT molecular complexity index is 98.6. The Morgan fingerprint density at radius 2 is 2.30 bits per heavy atom. The molecule has 1 rings (SSSR count). The molecule has 0 aromatic rings. The summed E-state index contributed by atoms with van der Waals surface area (Å²) in [6.07, 6.45) is 13.7. The van der Waals surface area contributed by atoms with Crippen molar-refractivity contribution in [2.45, 2.75) is 39.0 Å². The second-order valence-corrected chi connectivity index (χ2v) is 3.06. The highest BCUT2D eigenvalue weighted by Crippen LogP contribution is 2.28. The quantitative estimate of drug-likeness (QED) is 0.402. The van der Waals surface area contributed by atoms with Crippen molar-refractivity contribution in [1.82, 2.24) is 0 Å². The van der Waals surface area contributed by atoms with Crippen LogP contribution in [0.15, 0.2) is 12.2 Å². The fraction of sp³-hybridized carbons (Fsp3) is 0.700. The van der Waals surface area contributed by atoms with Gasteiger partial charge in [0, 0.05) is 0 Å². The van der Waals surface area contributed by atoms with Crippen molar-refractivity contribution >= 4 is 0 Å². The van der Waals surface area contributed by atoms with Crippen molar-refractivity contribution < 1.29 is 0 Å². The monoisotopic (exact) mass is 137 g/mol. The van der Waals surface area contributed by atoms with Crippen LogP contribution in [-0.4, -0.2) is 0 Å². The van der Waals surface area contributed by atoms with Gasteiger partial charge in [-0.15, -0.1) is 0 Å². The van der Waals surface area contributed by atoms with Crippen LogP contribution in [0.3, 0.4) is 0 Å². The summed E-state index contributed by atoms with van der Waals surface area (Å²) in [5.74, 6) is 0.849. The Labute approximate surface area is 64.3 Å². The molecule has 0 nitrogen and oxygen atoms in total. The fourth-order valence-corrected chi connectivity index (χ4v) is 1.02. The molecular formula is C10H17. The molecule has 10 heavy (non-hydrogen) atoms. The molecule has 0 aromatic carbocycles. The van der Waals surface area contributed by atoms with Crippen LogP contribution in [0.5, 0.6) is 0 Å². The van der Waals surface area contributed by atoms with Gasteiger partial charge in [-0.1, -0.05) is 31.9 Å². The molecule has 0 aromatic heterocycles. The first-order chi connectivity index (χ1) is 4.93. The Morgan fingerprint density at radius 3 is 2.90 bits per heavy atom. The lowest BCUT2D eigenvalue weighted by Gasteiger charge is -1.90. The van der Waals surface area contributed by atoms with E-state index in [1.165, 1.54) is 32.1 Å². The average molecular weight is 137 g/mol. The van der Waals surface area contributed by atoms with Crippen LogP contribution in [0.4, 0.5) is 0 Å². The van der Waals surface area contributed by atoms with Gasteiger partial charge in [-0.25, -0.2) is 0 Å². The van der Waals surface area contributed by atoms with E-state index in [9.17, 15) is 0 Å². The molecular weight excluding hydrogens is 120 g/mol. The minimum Gasteiger partial charge on any atom is -0.0882 e. The molecule has 0 spiro atoms. The van der Waals surface area contributed by atoms with Gasteiger partial charge in [-0.05, 0) is 31.6 Å². The van der Waals surface area contributed by atoms with Gasteiger partial charge in [-0.2, -0.15) is 0 Å². The molecule has 1 saturated carbocycles. The van der Waals surface area contributed by atoms with E-state index in [0.29, 0.717) is 0 Å². The van der Waals surface area contributed by atoms with Gasteiger partial charge in [-0.3, -0.25) is 0 Å². The lowest BCUT2D eigenvalue weighted by Crippen LogP contribution is -1.71. The summed E-state index contributed by atoms with van der Waals surface area (Å²) in [5, 5.41) is 0.